The van der Waals surface area contributed by atoms with Gasteiger partial charge in [0, 0.05) is 17.3 Å². The third-order valence-corrected chi connectivity index (χ3v) is 7.16. The Morgan fingerprint density at radius 3 is 2.48 bits per heavy atom. The Hall–Kier alpha value is -3.06. The lowest BCUT2D eigenvalue weighted by atomic mass is 9.75. The quantitative estimate of drug-likeness (QED) is 0.745. The highest BCUT2D eigenvalue weighted by atomic mass is 19.1. The number of imide groups is 1. The van der Waals surface area contributed by atoms with Crippen molar-refractivity contribution in [1.29, 1.82) is 0 Å². The lowest BCUT2D eigenvalue weighted by molar-refractivity contribution is -0.143. The van der Waals surface area contributed by atoms with Crippen LogP contribution < -0.4 is 10.6 Å². The number of benzene rings is 2. The van der Waals surface area contributed by atoms with Crippen LogP contribution in [0.5, 0.6) is 0 Å². The van der Waals surface area contributed by atoms with Crippen molar-refractivity contribution in [2.45, 2.75) is 38.4 Å². The van der Waals surface area contributed by atoms with Crippen molar-refractivity contribution in [1.82, 2.24) is 10.2 Å². The molecular formula is C24H24FN3O3. The van der Waals surface area contributed by atoms with Gasteiger partial charge in [0.05, 0.1) is 18.4 Å². The predicted molar refractivity (Wildman–Crippen MR) is 112 cm³/mol. The topological polar surface area (TPSA) is 78.5 Å². The predicted octanol–water partition coefficient (Wildman–Crippen LogP) is 2.79. The molecule has 2 fully saturated rings. The van der Waals surface area contributed by atoms with Crippen molar-refractivity contribution in [3.05, 3.63) is 65.5 Å². The molecule has 2 N–H and O–H groups in total. The maximum absolute atomic E-state index is 13.7. The van der Waals surface area contributed by atoms with Gasteiger partial charge in [0.1, 0.15) is 11.4 Å². The molecule has 5 rings (SSSR count). The molecule has 2 aromatic rings. The van der Waals surface area contributed by atoms with Crippen molar-refractivity contribution in [3.8, 4) is 0 Å². The van der Waals surface area contributed by atoms with E-state index in [4.69, 9.17) is 0 Å². The molecule has 2 saturated heterocycles. The summed E-state index contributed by atoms with van der Waals surface area (Å²) in [5.41, 5.74) is 0.785. The monoisotopic (exact) mass is 421 g/mol. The molecule has 5 atom stereocenters. The van der Waals surface area contributed by atoms with Crippen LogP contribution in [0, 0.1) is 23.6 Å². The van der Waals surface area contributed by atoms with Crippen LogP contribution in [-0.4, -0.2) is 28.7 Å². The normalized spacial score (nSPS) is 30.0. The molecule has 3 heterocycles. The summed E-state index contributed by atoms with van der Waals surface area (Å²) >= 11 is 0. The van der Waals surface area contributed by atoms with Gasteiger partial charge in [-0.1, -0.05) is 50.6 Å². The van der Waals surface area contributed by atoms with E-state index in [2.05, 4.69) is 10.6 Å². The highest BCUT2D eigenvalue weighted by molar-refractivity contribution is 6.15. The summed E-state index contributed by atoms with van der Waals surface area (Å²) in [6.07, 6.45) is 0.805. The minimum absolute atomic E-state index is 0.0670. The number of rotatable bonds is 4. The van der Waals surface area contributed by atoms with Crippen molar-refractivity contribution in [3.63, 3.8) is 0 Å². The molecular weight excluding hydrogens is 397 g/mol. The summed E-state index contributed by atoms with van der Waals surface area (Å²) in [6.45, 7) is 4.14. The van der Waals surface area contributed by atoms with Gasteiger partial charge in [-0.25, -0.2) is 4.39 Å². The Labute approximate surface area is 179 Å². The molecule has 0 aromatic heterocycles. The molecule has 31 heavy (non-hydrogen) atoms. The summed E-state index contributed by atoms with van der Waals surface area (Å²) in [4.78, 5) is 41.7. The van der Waals surface area contributed by atoms with Gasteiger partial charge in [-0.15, -0.1) is 0 Å². The molecule has 3 amide bonds. The van der Waals surface area contributed by atoms with E-state index in [9.17, 15) is 18.8 Å². The first-order valence-corrected chi connectivity index (χ1v) is 10.7. The minimum Gasteiger partial charge on any atom is -0.324 e. The lowest BCUT2D eigenvalue weighted by Gasteiger charge is -2.30. The van der Waals surface area contributed by atoms with Crippen LogP contribution in [0.4, 0.5) is 10.1 Å². The maximum atomic E-state index is 13.7. The molecule has 160 valence electrons. The van der Waals surface area contributed by atoms with E-state index in [0.717, 1.165) is 6.42 Å². The number of nitrogens with one attached hydrogen (secondary N) is 2. The van der Waals surface area contributed by atoms with Crippen LogP contribution in [0.1, 0.15) is 31.4 Å². The number of likely N-dealkylation sites (tertiary alicyclic amines) is 1. The fraction of sp³-hybridized carbons (Fsp3) is 0.375. The molecule has 0 radical (unpaired) electrons. The molecule has 6 nitrogen and oxygen atoms in total. The zero-order chi connectivity index (χ0) is 21.9. The zero-order valence-corrected chi connectivity index (χ0v) is 17.4. The summed E-state index contributed by atoms with van der Waals surface area (Å²) in [7, 11) is 0. The number of fused-ring (bicyclic) bond motifs is 4. The van der Waals surface area contributed by atoms with Gasteiger partial charge in [0.15, 0.2) is 0 Å². The van der Waals surface area contributed by atoms with Crippen molar-refractivity contribution >= 4 is 23.4 Å². The Morgan fingerprint density at radius 1 is 1.06 bits per heavy atom. The molecule has 0 aliphatic carbocycles. The number of anilines is 1. The van der Waals surface area contributed by atoms with Crippen molar-refractivity contribution in [2.75, 3.05) is 5.32 Å². The van der Waals surface area contributed by atoms with Gasteiger partial charge in [0.2, 0.25) is 17.7 Å². The van der Waals surface area contributed by atoms with E-state index < -0.39 is 17.4 Å². The van der Waals surface area contributed by atoms with Crippen LogP contribution in [0.3, 0.4) is 0 Å². The van der Waals surface area contributed by atoms with Gasteiger partial charge < -0.3 is 5.32 Å². The number of carbonyl (C=O) groups excluding carboxylic acids is 3. The Balaban J connectivity index is 1.60. The zero-order valence-electron chi connectivity index (χ0n) is 17.4. The van der Waals surface area contributed by atoms with Gasteiger partial charge in [0.25, 0.3) is 0 Å². The second-order valence-electron chi connectivity index (χ2n) is 8.76. The number of nitrogens with zero attached hydrogens (tertiary/aromatic N) is 1. The largest absolute Gasteiger partial charge is 0.324 e. The second kappa shape index (κ2) is 6.99. The highest BCUT2D eigenvalue weighted by Gasteiger charge is 2.70. The van der Waals surface area contributed by atoms with Crippen molar-refractivity contribution < 1.29 is 18.8 Å². The number of hydrogen-bond acceptors (Lipinski definition) is 4. The molecule has 1 spiro atoms. The molecule has 0 saturated carbocycles. The minimum atomic E-state index is -1.26. The van der Waals surface area contributed by atoms with Crippen LogP contribution in [0.2, 0.25) is 0 Å². The van der Waals surface area contributed by atoms with Crippen LogP contribution in [0.15, 0.2) is 48.5 Å². The number of halogens is 1. The first-order valence-electron chi connectivity index (χ1n) is 10.7. The van der Waals surface area contributed by atoms with Gasteiger partial charge in [-0.05, 0) is 29.7 Å². The fourth-order valence-corrected chi connectivity index (χ4v) is 5.42. The first-order chi connectivity index (χ1) is 14.9. The van der Waals surface area contributed by atoms with Crippen molar-refractivity contribution in [2.24, 2.45) is 17.8 Å². The standard InChI is InChI=1S/C24H24FN3O3/c1-3-13(2)20-18-19(24(27-20)16-6-4-5-7-17(16)26-23(24)31)22(30)28(21(18)29)12-14-8-10-15(25)11-9-14/h4-11,13,18-20,27H,3,12H2,1-2H3,(H,26,31)/t13?,18-,19-,20?,24?/m1/s1. The van der Waals surface area contributed by atoms with Crippen LogP contribution in [-0.2, 0) is 26.5 Å². The number of hydrogen-bond donors (Lipinski definition) is 2. The van der Waals surface area contributed by atoms with Crippen LogP contribution >= 0.6 is 0 Å². The van der Waals surface area contributed by atoms with E-state index in [1.54, 1.807) is 12.1 Å². The van der Waals surface area contributed by atoms with E-state index in [-0.39, 0.29) is 42.0 Å². The highest BCUT2D eigenvalue weighted by Crippen LogP contribution is 2.54. The maximum Gasteiger partial charge on any atom is 0.250 e. The average Bonchev–Trinajstić information content (AvgIpc) is 3.36. The molecule has 3 unspecified atom stereocenters. The number of para-hydroxylation sites is 1. The Kier molecular flexibility index (Phi) is 4.48. The van der Waals surface area contributed by atoms with Crippen LogP contribution in [0.25, 0.3) is 0 Å². The average molecular weight is 421 g/mol. The number of amides is 3. The van der Waals surface area contributed by atoms with Gasteiger partial charge in [-0.2, -0.15) is 0 Å². The Bertz CT molecular complexity index is 1090. The third-order valence-electron chi connectivity index (χ3n) is 7.16. The van der Waals surface area contributed by atoms with Gasteiger partial charge in [-0.3, -0.25) is 24.6 Å². The molecule has 2 aromatic carbocycles. The first kappa shape index (κ1) is 19.9. The summed E-state index contributed by atoms with van der Waals surface area (Å²) < 4.78 is 13.3. The molecule has 0 bridgehead atoms. The molecule has 7 heteroatoms. The van der Waals surface area contributed by atoms with E-state index >= 15 is 0 Å². The summed E-state index contributed by atoms with van der Waals surface area (Å²) in [5, 5.41) is 6.35. The lowest BCUT2D eigenvalue weighted by Crippen LogP contribution is -2.54. The SMILES string of the molecule is CCC(C)C1NC2(C(=O)Nc3ccccc32)[C@H]2C(=O)N(Cc3ccc(F)cc3)C(=O)[C@@H]12. The smallest absolute Gasteiger partial charge is 0.250 e. The number of carbonyl (C=O) groups is 3. The summed E-state index contributed by atoms with van der Waals surface area (Å²) in [6, 6.07) is 12.8. The Morgan fingerprint density at radius 2 is 1.77 bits per heavy atom. The van der Waals surface area contributed by atoms with E-state index in [1.807, 2.05) is 38.1 Å². The van der Waals surface area contributed by atoms with Gasteiger partial charge >= 0.3 is 0 Å². The third kappa shape index (κ3) is 2.69. The van der Waals surface area contributed by atoms with E-state index in [0.29, 0.717) is 16.8 Å². The second-order valence-corrected chi connectivity index (χ2v) is 8.76. The summed E-state index contributed by atoms with van der Waals surface area (Å²) in [5.74, 6) is -2.65. The van der Waals surface area contributed by atoms with E-state index in [1.165, 1.54) is 17.0 Å². The molecule has 3 aliphatic rings. The fourth-order valence-electron chi connectivity index (χ4n) is 5.42. The molecule has 3 aliphatic heterocycles.